The van der Waals surface area contributed by atoms with Crippen LogP contribution in [0.5, 0.6) is 5.75 Å². The lowest BCUT2D eigenvalue weighted by molar-refractivity contribution is -0.140. The lowest BCUT2D eigenvalue weighted by atomic mass is 10.0. The van der Waals surface area contributed by atoms with Crippen molar-refractivity contribution in [3.8, 4) is 17.0 Å². The van der Waals surface area contributed by atoms with E-state index in [0.717, 1.165) is 0 Å². The van der Waals surface area contributed by atoms with E-state index in [2.05, 4.69) is 10.1 Å². The zero-order valence-electron chi connectivity index (χ0n) is 15.8. The van der Waals surface area contributed by atoms with Gasteiger partial charge in [0.25, 0.3) is 0 Å². The first-order chi connectivity index (χ1) is 14.7. The largest absolute Gasteiger partial charge is 0.483 e. The van der Waals surface area contributed by atoms with Crippen molar-refractivity contribution in [3.63, 3.8) is 0 Å². The maximum atomic E-state index is 15.3. The third-order valence-corrected chi connectivity index (χ3v) is 4.86. The number of alkyl halides is 3. The van der Waals surface area contributed by atoms with Gasteiger partial charge in [0.2, 0.25) is 0 Å². The van der Waals surface area contributed by atoms with E-state index < -0.39 is 34.7 Å². The van der Waals surface area contributed by atoms with Crippen molar-refractivity contribution in [2.75, 3.05) is 0 Å². The monoisotopic (exact) mass is 453 g/mol. The minimum absolute atomic E-state index is 0.129. The number of ether oxygens (including phenoxy) is 1. The Morgan fingerprint density at radius 3 is 2.45 bits per heavy atom. The first-order valence-electron chi connectivity index (χ1n) is 8.91. The number of aryl methyl sites for hydroxylation is 1. The molecule has 0 amide bonds. The molecule has 10 heteroatoms. The third-order valence-electron chi connectivity index (χ3n) is 4.65. The van der Waals surface area contributed by atoms with Gasteiger partial charge in [0.1, 0.15) is 17.5 Å². The Morgan fingerprint density at radius 1 is 1.06 bits per heavy atom. The first kappa shape index (κ1) is 21.0. The summed E-state index contributed by atoms with van der Waals surface area (Å²) in [6.45, 7) is -0.324. The number of pyridine rings is 1. The van der Waals surface area contributed by atoms with Crippen LogP contribution in [-0.4, -0.2) is 14.8 Å². The van der Waals surface area contributed by atoms with Crippen molar-refractivity contribution >= 4 is 22.5 Å². The molecule has 0 N–H and O–H groups in total. The van der Waals surface area contributed by atoms with Gasteiger partial charge in [0, 0.05) is 30.3 Å². The number of fused-ring (bicyclic) bond motifs is 1. The Balaban J connectivity index is 1.91. The van der Waals surface area contributed by atoms with Crippen molar-refractivity contribution in [1.82, 2.24) is 14.8 Å². The molecule has 0 aliphatic heterocycles. The molecule has 0 spiro atoms. The summed E-state index contributed by atoms with van der Waals surface area (Å²) < 4.78 is 77.0. The second-order valence-electron chi connectivity index (χ2n) is 6.70. The molecule has 0 aliphatic rings. The van der Waals surface area contributed by atoms with Gasteiger partial charge in [0.05, 0.1) is 11.1 Å². The molecule has 4 nitrogen and oxygen atoms in total. The van der Waals surface area contributed by atoms with Gasteiger partial charge in [-0.2, -0.15) is 18.3 Å². The molecule has 0 bridgehead atoms. The summed E-state index contributed by atoms with van der Waals surface area (Å²) >= 11 is 5.86. The van der Waals surface area contributed by atoms with Crippen LogP contribution in [0.2, 0.25) is 5.15 Å². The highest BCUT2D eigenvalue weighted by Crippen LogP contribution is 2.42. The van der Waals surface area contributed by atoms with Crippen molar-refractivity contribution in [2.24, 2.45) is 7.05 Å². The lowest BCUT2D eigenvalue weighted by Gasteiger charge is -2.16. The van der Waals surface area contributed by atoms with E-state index in [-0.39, 0.29) is 22.8 Å². The van der Waals surface area contributed by atoms with E-state index in [4.69, 9.17) is 16.3 Å². The Morgan fingerprint density at radius 2 is 1.77 bits per heavy atom. The second kappa shape index (κ2) is 7.81. The van der Waals surface area contributed by atoms with Crippen molar-refractivity contribution in [1.29, 1.82) is 0 Å². The molecular weight excluding hydrogens is 441 g/mol. The highest BCUT2D eigenvalue weighted by atomic mass is 35.5. The Hall–Kier alpha value is -3.20. The summed E-state index contributed by atoms with van der Waals surface area (Å²) in [4.78, 5) is 3.89. The number of aromatic nitrogens is 3. The van der Waals surface area contributed by atoms with Gasteiger partial charge in [-0.3, -0.25) is 4.68 Å². The Kier molecular flexibility index (Phi) is 5.30. The summed E-state index contributed by atoms with van der Waals surface area (Å²) in [5.74, 6) is -4.25. The van der Waals surface area contributed by atoms with Gasteiger partial charge < -0.3 is 4.74 Å². The van der Waals surface area contributed by atoms with Crippen LogP contribution in [-0.2, 0) is 19.8 Å². The standard InChI is InChI=1S/C21H13ClF5N3O/c1-30-15-8-16(22)28-9-13(15)19(29-30)12-7-14(21(25,26)27)18(24)20(17(12)23)31-10-11-5-3-2-4-6-11/h2-9H,10H2,1H3. The molecule has 4 rings (SSSR count). The predicted octanol–water partition coefficient (Wildman–Crippen LogP) is 6.16. The molecule has 160 valence electrons. The number of benzene rings is 2. The highest BCUT2D eigenvalue weighted by molar-refractivity contribution is 6.30. The van der Waals surface area contributed by atoms with Crippen molar-refractivity contribution in [3.05, 3.63) is 76.6 Å². The van der Waals surface area contributed by atoms with Gasteiger partial charge in [-0.15, -0.1) is 0 Å². The van der Waals surface area contributed by atoms with Crippen LogP contribution >= 0.6 is 11.6 Å². The normalized spacial score (nSPS) is 11.8. The van der Waals surface area contributed by atoms with E-state index in [1.165, 1.54) is 24.0 Å². The zero-order chi connectivity index (χ0) is 22.3. The quantitative estimate of drug-likeness (QED) is 0.274. The maximum absolute atomic E-state index is 15.3. The zero-order valence-corrected chi connectivity index (χ0v) is 16.6. The average molecular weight is 454 g/mol. The van der Waals surface area contributed by atoms with Crippen LogP contribution in [0.25, 0.3) is 22.2 Å². The summed E-state index contributed by atoms with van der Waals surface area (Å²) in [6.07, 6.45) is -3.82. The van der Waals surface area contributed by atoms with Gasteiger partial charge in [-0.05, 0) is 11.6 Å². The number of hydrogen-bond acceptors (Lipinski definition) is 3. The van der Waals surface area contributed by atoms with E-state index >= 15 is 4.39 Å². The van der Waals surface area contributed by atoms with Gasteiger partial charge in [0.15, 0.2) is 17.4 Å². The van der Waals surface area contributed by atoms with E-state index in [9.17, 15) is 17.6 Å². The van der Waals surface area contributed by atoms with Crippen LogP contribution in [0.4, 0.5) is 22.0 Å². The minimum atomic E-state index is -5.08. The number of hydrogen-bond donors (Lipinski definition) is 0. The van der Waals surface area contributed by atoms with Crippen LogP contribution in [0.1, 0.15) is 11.1 Å². The Bertz CT molecular complexity index is 1270. The first-order valence-corrected chi connectivity index (χ1v) is 9.29. The van der Waals surface area contributed by atoms with E-state index in [1.807, 2.05) is 0 Å². The molecule has 2 heterocycles. The van der Waals surface area contributed by atoms with Crippen LogP contribution < -0.4 is 4.74 Å². The molecule has 0 saturated carbocycles. The fraction of sp³-hybridized carbons (Fsp3) is 0.143. The SMILES string of the molecule is Cn1nc(-c2cc(C(F)(F)F)c(F)c(OCc3ccccc3)c2F)c2cnc(Cl)cc21. The third kappa shape index (κ3) is 3.93. The Labute approximate surface area is 177 Å². The molecule has 0 aliphatic carbocycles. The lowest BCUT2D eigenvalue weighted by Crippen LogP contribution is -2.12. The van der Waals surface area contributed by atoms with Crippen LogP contribution in [0, 0.1) is 11.6 Å². The van der Waals surface area contributed by atoms with E-state index in [1.54, 1.807) is 30.3 Å². The molecular formula is C21H13ClF5N3O. The van der Waals surface area contributed by atoms with Crippen molar-refractivity contribution in [2.45, 2.75) is 12.8 Å². The molecule has 0 saturated heterocycles. The predicted molar refractivity (Wildman–Crippen MR) is 105 cm³/mol. The van der Waals surface area contributed by atoms with Gasteiger partial charge in [-0.1, -0.05) is 41.9 Å². The summed E-state index contributed by atoms with van der Waals surface area (Å²) in [5.41, 5.74) is -1.42. The van der Waals surface area contributed by atoms with Crippen molar-refractivity contribution < 1.29 is 26.7 Å². The molecule has 31 heavy (non-hydrogen) atoms. The summed E-state index contributed by atoms with van der Waals surface area (Å²) in [5, 5.41) is 4.49. The van der Waals surface area contributed by atoms with Gasteiger partial charge >= 0.3 is 6.18 Å². The smallest absolute Gasteiger partial charge is 0.419 e. The molecule has 2 aromatic carbocycles. The molecule has 2 aromatic heterocycles. The summed E-state index contributed by atoms with van der Waals surface area (Å²) in [6, 6.07) is 10.1. The molecule has 4 aromatic rings. The molecule has 0 fully saturated rings. The maximum Gasteiger partial charge on any atom is 0.419 e. The fourth-order valence-electron chi connectivity index (χ4n) is 3.17. The molecule has 0 radical (unpaired) electrons. The topological polar surface area (TPSA) is 39.9 Å². The number of halogens is 6. The second-order valence-corrected chi connectivity index (χ2v) is 7.08. The number of nitrogens with zero attached hydrogens (tertiary/aromatic N) is 3. The van der Waals surface area contributed by atoms with Gasteiger partial charge in [-0.25, -0.2) is 13.8 Å². The molecule has 0 unspecified atom stereocenters. The van der Waals surface area contributed by atoms with Crippen LogP contribution in [0.3, 0.4) is 0 Å². The average Bonchev–Trinajstić information content (AvgIpc) is 3.03. The fourth-order valence-corrected chi connectivity index (χ4v) is 3.33. The highest BCUT2D eigenvalue weighted by Gasteiger charge is 2.38. The van der Waals surface area contributed by atoms with Crippen LogP contribution in [0.15, 0.2) is 48.7 Å². The number of rotatable bonds is 4. The summed E-state index contributed by atoms with van der Waals surface area (Å²) in [7, 11) is 1.51. The minimum Gasteiger partial charge on any atom is -0.483 e. The molecule has 0 atom stereocenters. The van der Waals surface area contributed by atoms with E-state index in [0.29, 0.717) is 17.1 Å².